The van der Waals surface area contributed by atoms with Gasteiger partial charge in [-0.1, -0.05) is 18.2 Å². The van der Waals surface area contributed by atoms with Gasteiger partial charge in [-0.05, 0) is 12.1 Å². The highest BCUT2D eigenvalue weighted by Gasteiger charge is 2.29. The Kier molecular flexibility index (Phi) is 3.23. The van der Waals surface area contributed by atoms with Gasteiger partial charge in [0, 0.05) is 6.08 Å². The molecule has 1 atom stereocenters. The largest absolute Gasteiger partial charge is 0.497 e. The van der Waals surface area contributed by atoms with Crippen molar-refractivity contribution in [2.75, 3.05) is 7.11 Å². The van der Waals surface area contributed by atoms with E-state index in [0.29, 0.717) is 11.3 Å². The maximum atomic E-state index is 11.8. The first-order valence-electron chi connectivity index (χ1n) is 5.25. The standard InChI is InChI=1S/C13H12O4/c1-16-11-7-10(14)8-12(11)17-13(15)9-5-3-2-4-6-9/h2-7,12H,8H2,1H3. The van der Waals surface area contributed by atoms with Crippen molar-refractivity contribution in [1.29, 1.82) is 0 Å². The summed E-state index contributed by atoms with van der Waals surface area (Å²) in [5.41, 5.74) is 0.460. The fraction of sp³-hybridized carbons (Fsp3) is 0.231. The van der Waals surface area contributed by atoms with Crippen LogP contribution in [0.3, 0.4) is 0 Å². The number of esters is 1. The van der Waals surface area contributed by atoms with E-state index in [9.17, 15) is 9.59 Å². The molecule has 1 aromatic carbocycles. The molecule has 0 aromatic heterocycles. The molecule has 1 aromatic rings. The highest BCUT2D eigenvalue weighted by molar-refractivity contribution is 5.95. The molecule has 0 amide bonds. The van der Waals surface area contributed by atoms with Crippen LogP contribution in [0.25, 0.3) is 0 Å². The van der Waals surface area contributed by atoms with Gasteiger partial charge in [0.2, 0.25) is 0 Å². The highest BCUT2D eigenvalue weighted by atomic mass is 16.6. The van der Waals surface area contributed by atoms with Crippen molar-refractivity contribution in [2.45, 2.75) is 12.5 Å². The van der Waals surface area contributed by atoms with E-state index in [2.05, 4.69) is 0 Å². The fourth-order valence-corrected chi connectivity index (χ4v) is 1.66. The number of carbonyl (C=O) groups excluding carboxylic acids is 2. The van der Waals surface area contributed by atoms with Crippen molar-refractivity contribution in [1.82, 2.24) is 0 Å². The van der Waals surface area contributed by atoms with Crippen LogP contribution in [-0.2, 0) is 14.3 Å². The zero-order valence-corrected chi connectivity index (χ0v) is 9.38. The van der Waals surface area contributed by atoms with Crippen LogP contribution < -0.4 is 0 Å². The fourth-order valence-electron chi connectivity index (χ4n) is 1.66. The SMILES string of the molecule is COC1=CC(=O)CC1OC(=O)c1ccccc1. The van der Waals surface area contributed by atoms with Gasteiger partial charge in [-0.15, -0.1) is 0 Å². The lowest BCUT2D eigenvalue weighted by atomic mass is 10.2. The summed E-state index contributed by atoms with van der Waals surface area (Å²) >= 11 is 0. The van der Waals surface area contributed by atoms with Crippen molar-refractivity contribution in [3.63, 3.8) is 0 Å². The van der Waals surface area contributed by atoms with Crippen molar-refractivity contribution < 1.29 is 19.1 Å². The number of methoxy groups -OCH3 is 1. The molecular formula is C13H12O4. The lowest BCUT2D eigenvalue weighted by molar-refractivity contribution is -0.115. The Morgan fingerprint density at radius 3 is 2.65 bits per heavy atom. The Morgan fingerprint density at radius 1 is 1.29 bits per heavy atom. The molecule has 4 nitrogen and oxygen atoms in total. The van der Waals surface area contributed by atoms with E-state index < -0.39 is 12.1 Å². The smallest absolute Gasteiger partial charge is 0.338 e. The summed E-state index contributed by atoms with van der Waals surface area (Å²) in [5.74, 6) is -0.139. The van der Waals surface area contributed by atoms with E-state index >= 15 is 0 Å². The Hall–Kier alpha value is -2.10. The summed E-state index contributed by atoms with van der Waals surface area (Å²) in [6.07, 6.45) is 0.922. The van der Waals surface area contributed by atoms with Crippen LogP contribution in [0.4, 0.5) is 0 Å². The second kappa shape index (κ2) is 4.82. The minimum absolute atomic E-state index is 0.0901. The number of hydrogen-bond donors (Lipinski definition) is 0. The van der Waals surface area contributed by atoms with Crippen molar-refractivity contribution in [3.8, 4) is 0 Å². The zero-order chi connectivity index (χ0) is 12.3. The van der Waals surface area contributed by atoms with Gasteiger partial charge in [-0.25, -0.2) is 4.79 Å². The molecule has 0 aliphatic heterocycles. The molecule has 0 heterocycles. The first-order chi connectivity index (χ1) is 8.20. The number of benzene rings is 1. The highest BCUT2D eigenvalue weighted by Crippen LogP contribution is 2.21. The zero-order valence-electron chi connectivity index (χ0n) is 9.38. The minimum Gasteiger partial charge on any atom is -0.497 e. The third-order valence-corrected chi connectivity index (χ3v) is 2.50. The molecule has 1 aliphatic rings. The van der Waals surface area contributed by atoms with Gasteiger partial charge in [-0.2, -0.15) is 0 Å². The normalized spacial score (nSPS) is 18.8. The van der Waals surface area contributed by atoms with E-state index in [1.54, 1.807) is 24.3 Å². The molecule has 1 aliphatic carbocycles. The Bertz CT molecular complexity index is 462. The van der Waals surface area contributed by atoms with Gasteiger partial charge in [0.05, 0.1) is 19.1 Å². The summed E-state index contributed by atoms with van der Waals surface area (Å²) in [6, 6.07) is 8.65. The molecule has 17 heavy (non-hydrogen) atoms. The lowest BCUT2D eigenvalue weighted by Gasteiger charge is -2.14. The maximum absolute atomic E-state index is 11.8. The summed E-state index contributed by atoms with van der Waals surface area (Å²) in [4.78, 5) is 22.9. The maximum Gasteiger partial charge on any atom is 0.338 e. The van der Waals surface area contributed by atoms with E-state index in [1.807, 2.05) is 6.07 Å². The number of rotatable bonds is 3. The van der Waals surface area contributed by atoms with Gasteiger partial charge in [0.1, 0.15) is 5.76 Å². The molecule has 0 radical (unpaired) electrons. The van der Waals surface area contributed by atoms with E-state index in [4.69, 9.17) is 9.47 Å². The van der Waals surface area contributed by atoms with Crippen LogP contribution in [-0.4, -0.2) is 25.0 Å². The van der Waals surface area contributed by atoms with E-state index in [1.165, 1.54) is 13.2 Å². The molecular weight excluding hydrogens is 220 g/mol. The first-order valence-corrected chi connectivity index (χ1v) is 5.25. The van der Waals surface area contributed by atoms with Crippen molar-refractivity contribution in [3.05, 3.63) is 47.7 Å². The molecule has 88 valence electrons. The van der Waals surface area contributed by atoms with Gasteiger partial charge in [0.15, 0.2) is 11.9 Å². The van der Waals surface area contributed by atoms with Crippen LogP contribution in [0.1, 0.15) is 16.8 Å². The van der Waals surface area contributed by atoms with Gasteiger partial charge < -0.3 is 9.47 Å². The average Bonchev–Trinajstić information content (AvgIpc) is 2.70. The van der Waals surface area contributed by atoms with Gasteiger partial charge in [0.25, 0.3) is 0 Å². The summed E-state index contributed by atoms with van der Waals surface area (Å²) in [6.45, 7) is 0. The van der Waals surface area contributed by atoms with Crippen LogP contribution in [0.5, 0.6) is 0 Å². The molecule has 0 bridgehead atoms. The third-order valence-electron chi connectivity index (χ3n) is 2.50. The summed E-state index contributed by atoms with van der Waals surface area (Å²) in [7, 11) is 1.45. The Morgan fingerprint density at radius 2 is 2.00 bits per heavy atom. The predicted molar refractivity (Wildman–Crippen MR) is 60.4 cm³/mol. The van der Waals surface area contributed by atoms with Crippen LogP contribution in [0, 0.1) is 0 Å². The molecule has 0 N–H and O–H groups in total. The van der Waals surface area contributed by atoms with Crippen molar-refractivity contribution in [2.24, 2.45) is 0 Å². The average molecular weight is 232 g/mol. The van der Waals surface area contributed by atoms with Crippen LogP contribution in [0.2, 0.25) is 0 Å². The van der Waals surface area contributed by atoms with Gasteiger partial charge in [-0.3, -0.25) is 4.79 Å². The minimum atomic E-state index is -0.597. The topological polar surface area (TPSA) is 52.6 Å². The number of hydrogen-bond acceptors (Lipinski definition) is 4. The van der Waals surface area contributed by atoms with E-state index in [-0.39, 0.29) is 12.2 Å². The molecule has 1 unspecified atom stereocenters. The van der Waals surface area contributed by atoms with Gasteiger partial charge >= 0.3 is 5.97 Å². The Balaban J connectivity index is 2.05. The van der Waals surface area contributed by atoms with Crippen LogP contribution >= 0.6 is 0 Å². The monoisotopic (exact) mass is 232 g/mol. The number of ether oxygens (including phenoxy) is 2. The third kappa shape index (κ3) is 2.53. The van der Waals surface area contributed by atoms with Crippen LogP contribution in [0.15, 0.2) is 42.2 Å². The Labute approximate surface area is 98.8 Å². The van der Waals surface area contributed by atoms with E-state index in [0.717, 1.165) is 0 Å². The molecule has 0 spiro atoms. The molecule has 0 fully saturated rings. The predicted octanol–water partition coefficient (Wildman–Crippen LogP) is 1.72. The summed E-state index contributed by atoms with van der Waals surface area (Å²) < 4.78 is 10.2. The first kappa shape index (κ1) is 11.4. The number of allylic oxidation sites excluding steroid dienone is 1. The second-order valence-corrected chi connectivity index (χ2v) is 3.68. The van der Waals surface area contributed by atoms with Crippen molar-refractivity contribution >= 4 is 11.8 Å². The number of carbonyl (C=O) groups is 2. The molecule has 4 heteroatoms. The molecule has 2 rings (SSSR count). The summed E-state index contributed by atoms with van der Waals surface area (Å²) in [5, 5.41) is 0. The second-order valence-electron chi connectivity index (χ2n) is 3.68. The lowest BCUT2D eigenvalue weighted by Crippen LogP contribution is -2.19. The molecule has 0 saturated heterocycles. The number of ketones is 1. The quantitative estimate of drug-likeness (QED) is 0.744. The molecule has 0 saturated carbocycles.